The van der Waals surface area contributed by atoms with E-state index >= 15 is 0 Å². The molecule has 2 aromatic rings. The molecule has 2 N–H and O–H groups in total. The summed E-state index contributed by atoms with van der Waals surface area (Å²) < 4.78 is 1.78. The van der Waals surface area contributed by atoms with Crippen LogP contribution in [0, 0.1) is 0 Å². The highest BCUT2D eigenvalue weighted by atomic mass is 16.2. The van der Waals surface area contributed by atoms with E-state index < -0.39 is 0 Å². The van der Waals surface area contributed by atoms with Gasteiger partial charge in [0, 0.05) is 19.2 Å². The minimum absolute atomic E-state index is 0.0299. The molecule has 0 aliphatic heterocycles. The Morgan fingerprint density at radius 3 is 2.65 bits per heavy atom. The van der Waals surface area contributed by atoms with Crippen LogP contribution in [0.5, 0.6) is 0 Å². The molecule has 1 aromatic carbocycles. The Labute approximate surface area is 135 Å². The van der Waals surface area contributed by atoms with Crippen LogP contribution in [0.4, 0.5) is 0 Å². The van der Waals surface area contributed by atoms with Gasteiger partial charge in [0.05, 0.1) is 18.4 Å². The van der Waals surface area contributed by atoms with Crippen LogP contribution in [-0.4, -0.2) is 34.7 Å². The molecule has 0 spiro atoms. The molecule has 0 saturated carbocycles. The predicted octanol–water partition coefficient (Wildman–Crippen LogP) is 1.45. The SMILES string of the molecule is CCCNC(=O)CNC(=O)CCc1cnn(-c2ccccc2)c1. The number of carbonyl (C=O) groups is 2. The van der Waals surface area contributed by atoms with Crippen molar-refractivity contribution in [1.29, 1.82) is 0 Å². The summed E-state index contributed by atoms with van der Waals surface area (Å²) in [6.07, 6.45) is 5.48. The number of amides is 2. The number of nitrogens with zero attached hydrogens (tertiary/aromatic N) is 2. The minimum atomic E-state index is -0.155. The van der Waals surface area contributed by atoms with Crippen molar-refractivity contribution in [1.82, 2.24) is 20.4 Å². The summed E-state index contributed by atoms with van der Waals surface area (Å²) in [4.78, 5) is 23.2. The summed E-state index contributed by atoms with van der Waals surface area (Å²) in [6, 6.07) is 9.80. The molecular weight excluding hydrogens is 292 g/mol. The van der Waals surface area contributed by atoms with Gasteiger partial charge in [0.1, 0.15) is 0 Å². The van der Waals surface area contributed by atoms with Gasteiger partial charge in [-0.2, -0.15) is 5.10 Å². The topological polar surface area (TPSA) is 76.0 Å². The first-order valence-corrected chi connectivity index (χ1v) is 7.81. The van der Waals surface area contributed by atoms with E-state index in [0.717, 1.165) is 17.7 Å². The van der Waals surface area contributed by atoms with Gasteiger partial charge in [-0.3, -0.25) is 9.59 Å². The molecule has 23 heavy (non-hydrogen) atoms. The molecule has 1 aromatic heterocycles. The summed E-state index contributed by atoms with van der Waals surface area (Å²) >= 11 is 0. The van der Waals surface area contributed by atoms with Gasteiger partial charge in [0.2, 0.25) is 11.8 Å². The van der Waals surface area contributed by atoms with Gasteiger partial charge in [-0.15, -0.1) is 0 Å². The van der Waals surface area contributed by atoms with Crippen LogP contribution in [0.15, 0.2) is 42.7 Å². The number of hydrogen-bond acceptors (Lipinski definition) is 3. The predicted molar refractivity (Wildman–Crippen MR) is 88.2 cm³/mol. The average Bonchev–Trinajstić information content (AvgIpc) is 3.06. The average molecular weight is 314 g/mol. The van der Waals surface area contributed by atoms with Gasteiger partial charge in [-0.1, -0.05) is 25.1 Å². The lowest BCUT2D eigenvalue weighted by Gasteiger charge is -2.05. The lowest BCUT2D eigenvalue weighted by Crippen LogP contribution is -2.37. The van der Waals surface area contributed by atoms with Crippen molar-refractivity contribution in [3.63, 3.8) is 0 Å². The molecule has 0 atom stereocenters. The number of hydrogen-bond donors (Lipinski definition) is 2. The Kier molecular flexibility index (Phi) is 6.35. The van der Waals surface area contributed by atoms with E-state index in [1.165, 1.54) is 0 Å². The Bertz CT molecular complexity index is 637. The molecule has 0 aliphatic carbocycles. The van der Waals surface area contributed by atoms with Crippen LogP contribution in [0.1, 0.15) is 25.3 Å². The normalized spacial score (nSPS) is 10.3. The first kappa shape index (κ1) is 16.7. The van der Waals surface area contributed by atoms with Crippen molar-refractivity contribution < 1.29 is 9.59 Å². The number of carbonyl (C=O) groups excluding carboxylic acids is 2. The minimum Gasteiger partial charge on any atom is -0.355 e. The molecule has 2 amide bonds. The van der Waals surface area contributed by atoms with Gasteiger partial charge < -0.3 is 10.6 Å². The van der Waals surface area contributed by atoms with Gasteiger partial charge in [0.15, 0.2) is 0 Å². The van der Waals surface area contributed by atoms with E-state index in [4.69, 9.17) is 0 Å². The zero-order valence-corrected chi connectivity index (χ0v) is 13.3. The summed E-state index contributed by atoms with van der Waals surface area (Å²) in [6.45, 7) is 2.64. The summed E-state index contributed by atoms with van der Waals surface area (Å²) in [5, 5.41) is 9.63. The third-order valence-corrected chi connectivity index (χ3v) is 3.32. The first-order chi connectivity index (χ1) is 11.2. The van der Waals surface area contributed by atoms with Crippen LogP contribution in [0.25, 0.3) is 5.69 Å². The molecule has 6 nitrogen and oxygen atoms in total. The standard InChI is InChI=1S/C17H22N4O2/c1-2-10-18-17(23)12-19-16(22)9-8-14-11-20-21(13-14)15-6-4-3-5-7-15/h3-7,11,13H,2,8-10,12H2,1H3,(H,18,23)(H,19,22). The quantitative estimate of drug-likeness (QED) is 0.774. The second-order valence-corrected chi connectivity index (χ2v) is 5.26. The van der Waals surface area contributed by atoms with E-state index in [-0.39, 0.29) is 18.4 Å². The molecule has 0 bridgehead atoms. The second kappa shape index (κ2) is 8.73. The van der Waals surface area contributed by atoms with Crippen LogP contribution in [-0.2, 0) is 16.0 Å². The lowest BCUT2D eigenvalue weighted by atomic mass is 10.2. The molecule has 0 aliphatic rings. The highest BCUT2D eigenvalue weighted by Crippen LogP contribution is 2.08. The molecular formula is C17H22N4O2. The largest absolute Gasteiger partial charge is 0.355 e. The molecule has 0 radical (unpaired) electrons. The Morgan fingerprint density at radius 2 is 1.91 bits per heavy atom. The number of rotatable bonds is 8. The Balaban J connectivity index is 1.75. The van der Waals surface area contributed by atoms with Gasteiger partial charge in [-0.05, 0) is 30.5 Å². The molecule has 2 rings (SSSR count). The molecule has 122 valence electrons. The van der Waals surface area contributed by atoms with Crippen molar-refractivity contribution in [2.75, 3.05) is 13.1 Å². The van der Waals surface area contributed by atoms with Gasteiger partial charge in [-0.25, -0.2) is 4.68 Å². The summed E-state index contributed by atoms with van der Waals surface area (Å²) in [5.41, 5.74) is 1.97. The number of aryl methyl sites for hydroxylation is 1. The van der Waals surface area contributed by atoms with Crippen molar-refractivity contribution in [2.45, 2.75) is 26.2 Å². The fourth-order valence-corrected chi connectivity index (χ4v) is 2.06. The fourth-order valence-electron chi connectivity index (χ4n) is 2.06. The van der Waals surface area contributed by atoms with Crippen molar-refractivity contribution in [3.8, 4) is 5.69 Å². The highest BCUT2D eigenvalue weighted by Gasteiger charge is 2.07. The van der Waals surface area contributed by atoms with Crippen molar-refractivity contribution in [3.05, 3.63) is 48.3 Å². The molecule has 1 heterocycles. The maximum atomic E-state index is 11.8. The summed E-state index contributed by atoms with van der Waals surface area (Å²) in [7, 11) is 0. The summed E-state index contributed by atoms with van der Waals surface area (Å²) in [5.74, 6) is -0.291. The Morgan fingerprint density at radius 1 is 1.13 bits per heavy atom. The fraction of sp³-hybridized carbons (Fsp3) is 0.353. The molecule has 0 saturated heterocycles. The van der Waals surface area contributed by atoms with E-state index in [2.05, 4.69) is 15.7 Å². The van der Waals surface area contributed by atoms with E-state index in [1.54, 1.807) is 10.9 Å². The van der Waals surface area contributed by atoms with Crippen molar-refractivity contribution in [2.24, 2.45) is 0 Å². The molecule has 0 unspecified atom stereocenters. The van der Waals surface area contributed by atoms with E-state index in [9.17, 15) is 9.59 Å². The van der Waals surface area contributed by atoms with Gasteiger partial charge >= 0.3 is 0 Å². The number of aromatic nitrogens is 2. The number of para-hydroxylation sites is 1. The maximum Gasteiger partial charge on any atom is 0.239 e. The number of nitrogens with one attached hydrogen (secondary N) is 2. The molecule has 0 fully saturated rings. The smallest absolute Gasteiger partial charge is 0.239 e. The van der Waals surface area contributed by atoms with E-state index in [1.807, 2.05) is 43.5 Å². The van der Waals surface area contributed by atoms with Crippen LogP contribution < -0.4 is 10.6 Å². The third kappa shape index (κ3) is 5.58. The zero-order chi connectivity index (χ0) is 16.5. The third-order valence-electron chi connectivity index (χ3n) is 3.32. The zero-order valence-electron chi connectivity index (χ0n) is 13.3. The number of benzene rings is 1. The van der Waals surface area contributed by atoms with Crippen LogP contribution in [0.2, 0.25) is 0 Å². The van der Waals surface area contributed by atoms with Crippen LogP contribution >= 0.6 is 0 Å². The highest BCUT2D eigenvalue weighted by molar-refractivity contribution is 5.84. The maximum absolute atomic E-state index is 11.8. The molecule has 6 heteroatoms. The lowest BCUT2D eigenvalue weighted by molar-refractivity contribution is -0.126. The first-order valence-electron chi connectivity index (χ1n) is 7.81. The van der Waals surface area contributed by atoms with E-state index in [0.29, 0.717) is 19.4 Å². The van der Waals surface area contributed by atoms with Gasteiger partial charge in [0.25, 0.3) is 0 Å². The Hall–Kier alpha value is -2.63. The monoisotopic (exact) mass is 314 g/mol. The second-order valence-electron chi connectivity index (χ2n) is 5.26. The van der Waals surface area contributed by atoms with Crippen LogP contribution in [0.3, 0.4) is 0 Å². The van der Waals surface area contributed by atoms with Crippen molar-refractivity contribution >= 4 is 11.8 Å².